The summed E-state index contributed by atoms with van der Waals surface area (Å²) in [6.45, 7) is 5.92. The average Bonchev–Trinajstić information content (AvgIpc) is 3.62. The first-order chi connectivity index (χ1) is 20.2. The fraction of sp³-hybridized carbons (Fsp3) is 0.655. The molecule has 1 spiro atoms. The molecule has 0 unspecified atom stereocenters. The quantitative estimate of drug-likeness (QED) is 0.213. The number of sulfone groups is 1. The molecule has 1 heterocycles. The van der Waals surface area contributed by atoms with Gasteiger partial charge in [0.1, 0.15) is 9.84 Å². The minimum atomic E-state index is -5.08. The molecule has 250 valence electrons. The molecule has 2 saturated carbocycles. The highest BCUT2D eigenvalue weighted by atomic mass is 32.2. The van der Waals surface area contributed by atoms with Gasteiger partial charge in [-0.2, -0.15) is 26.3 Å². The van der Waals surface area contributed by atoms with Crippen LogP contribution in [0.1, 0.15) is 57.4 Å². The van der Waals surface area contributed by atoms with E-state index >= 15 is 0 Å². The van der Waals surface area contributed by atoms with Crippen LogP contribution in [0.15, 0.2) is 35.9 Å². The first-order valence-electron chi connectivity index (χ1n) is 14.3. The third-order valence-electron chi connectivity index (χ3n) is 7.73. The zero-order valence-electron chi connectivity index (χ0n) is 24.6. The van der Waals surface area contributed by atoms with Gasteiger partial charge in [-0.15, -0.1) is 0 Å². The van der Waals surface area contributed by atoms with Crippen LogP contribution in [0.5, 0.6) is 0 Å². The Balaban J connectivity index is 0.000000402. The maximum absolute atomic E-state index is 11.2. The van der Waals surface area contributed by atoms with E-state index in [1.54, 1.807) is 5.57 Å². The molecule has 1 aromatic carbocycles. The zero-order chi connectivity index (χ0) is 33.3. The number of carbonyl (C=O) groups is 2. The first kappa shape index (κ1) is 37.5. The summed E-state index contributed by atoms with van der Waals surface area (Å²) in [6, 6.07) is 12.1. The van der Waals surface area contributed by atoms with Gasteiger partial charge in [-0.05, 0) is 62.0 Å². The summed E-state index contributed by atoms with van der Waals surface area (Å²) in [5, 5.41) is 18.2. The normalized spacial score (nSPS) is 21.6. The van der Waals surface area contributed by atoms with Crippen LogP contribution in [0.4, 0.5) is 26.3 Å². The summed E-state index contributed by atoms with van der Waals surface area (Å²) in [7, 11) is -2.79. The average molecular weight is 659 g/mol. The van der Waals surface area contributed by atoms with E-state index in [0.29, 0.717) is 23.3 Å². The van der Waals surface area contributed by atoms with E-state index < -0.39 is 34.1 Å². The predicted molar refractivity (Wildman–Crippen MR) is 153 cm³/mol. The molecule has 1 aromatic rings. The molecule has 0 aromatic heterocycles. The van der Waals surface area contributed by atoms with Crippen LogP contribution in [0.2, 0.25) is 0 Å². The number of hydrogen-bond donors (Lipinski definition) is 3. The van der Waals surface area contributed by atoms with Crippen molar-refractivity contribution >= 4 is 27.9 Å². The Labute approximate surface area is 253 Å². The van der Waals surface area contributed by atoms with Crippen LogP contribution >= 0.6 is 0 Å². The molecule has 2 aliphatic carbocycles. The number of rotatable bonds is 11. The van der Waals surface area contributed by atoms with E-state index in [1.807, 2.05) is 0 Å². The van der Waals surface area contributed by atoms with Gasteiger partial charge < -0.3 is 20.4 Å². The highest BCUT2D eigenvalue weighted by Crippen LogP contribution is 2.50. The number of hydrogen-bond acceptors (Lipinski definition) is 6. The van der Waals surface area contributed by atoms with E-state index in [4.69, 9.17) is 19.8 Å². The summed E-state index contributed by atoms with van der Waals surface area (Å²) >= 11 is 0. The van der Waals surface area contributed by atoms with Crippen molar-refractivity contribution in [2.24, 2.45) is 11.3 Å². The van der Waals surface area contributed by atoms with Crippen LogP contribution in [0.3, 0.4) is 0 Å². The molecule has 15 heteroatoms. The highest BCUT2D eigenvalue weighted by Gasteiger charge is 2.53. The van der Waals surface area contributed by atoms with Gasteiger partial charge >= 0.3 is 24.3 Å². The predicted octanol–water partition coefficient (Wildman–Crippen LogP) is 5.40. The van der Waals surface area contributed by atoms with Crippen molar-refractivity contribution in [1.82, 2.24) is 10.2 Å². The fourth-order valence-corrected chi connectivity index (χ4v) is 6.35. The van der Waals surface area contributed by atoms with Crippen LogP contribution in [-0.4, -0.2) is 91.5 Å². The van der Waals surface area contributed by atoms with Crippen molar-refractivity contribution in [1.29, 1.82) is 0 Å². The molecule has 3 fully saturated rings. The Kier molecular flexibility index (Phi) is 13.3. The van der Waals surface area contributed by atoms with E-state index in [-0.39, 0.29) is 0 Å². The standard InChI is InChI=1S/C25H38N2O2S.2C2HF3O2/c1-3-21(14-20-10-6-4-7-11-20)23-15-24(23)26-22-16-25(17-22)18-27(19-25)12-8-5-9-13-30(2,28)29;2*3-2(4,5)1(6)7/h4,6-7,10-11,14,22-24,26H,3,5,8-9,12-13,15-19H2,1-2H3;2*(H,6,7)/b21-14+;;/t23-,24+;;/m0../s1. The Bertz CT molecular complexity index is 1200. The molecule has 3 N–H and O–H groups in total. The molecule has 1 saturated heterocycles. The topological polar surface area (TPSA) is 124 Å². The number of unbranched alkanes of at least 4 members (excludes halogenated alkanes) is 2. The second-order valence-corrected chi connectivity index (χ2v) is 14.0. The summed E-state index contributed by atoms with van der Waals surface area (Å²) < 4.78 is 85.8. The molecule has 0 radical (unpaired) electrons. The van der Waals surface area contributed by atoms with Crippen molar-refractivity contribution in [2.75, 3.05) is 31.6 Å². The van der Waals surface area contributed by atoms with E-state index in [9.17, 15) is 34.8 Å². The highest BCUT2D eigenvalue weighted by molar-refractivity contribution is 7.90. The van der Waals surface area contributed by atoms with Gasteiger partial charge in [-0.25, -0.2) is 18.0 Å². The molecule has 4 rings (SSSR count). The lowest BCUT2D eigenvalue weighted by Crippen LogP contribution is -2.66. The molecular weight excluding hydrogens is 618 g/mol. The smallest absolute Gasteiger partial charge is 0.475 e. The Hall–Kier alpha value is -2.65. The summed E-state index contributed by atoms with van der Waals surface area (Å²) in [5.74, 6) is -4.44. The Morgan fingerprint density at radius 2 is 1.50 bits per heavy atom. The lowest BCUT2D eigenvalue weighted by atomic mass is 9.60. The molecule has 0 bridgehead atoms. The minimum absolute atomic E-state index is 0.340. The molecule has 8 nitrogen and oxygen atoms in total. The summed E-state index contributed by atoms with van der Waals surface area (Å²) in [5.41, 5.74) is 3.51. The van der Waals surface area contributed by atoms with E-state index in [0.717, 1.165) is 38.1 Å². The SMILES string of the molecule is CC/C(=C\c1ccccc1)[C@@H]1C[C@H]1NC1CC2(C1)CN(CCCCCS(C)(=O)=O)C2.O=C(O)C(F)(F)F.O=C(O)C(F)(F)F. The number of alkyl halides is 6. The number of likely N-dealkylation sites (tertiary alicyclic amines) is 1. The third-order valence-corrected chi connectivity index (χ3v) is 8.76. The van der Waals surface area contributed by atoms with E-state index in [2.05, 4.69) is 53.5 Å². The van der Waals surface area contributed by atoms with Crippen LogP contribution in [0.25, 0.3) is 6.08 Å². The lowest BCUT2D eigenvalue weighted by Gasteiger charge is -2.59. The fourth-order valence-electron chi connectivity index (χ4n) is 5.62. The van der Waals surface area contributed by atoms with Crippen molar-refractivity contribution in [3.8, 4) is 0 Å². The summed E-state index contributed by atoms with van der Waals surface area (Å²) in [6.07, 6.45) is 1.65. The van der Waals surface area contributed by atoms with Gasteiger partial charge in [0.05, 0.1) is 0 Å². The van der Waals surface area contributed by atoms with Gasteiger partial charge in [-0.3, -0.25) is 0 Å². The van der Waals surface area contributed by atoms with Crippen molar-refractivity contribution in [3.05, 3.63) is 41.5 Å². The molecule has 0 amide bonds. The largest absolute Gasteiger partial charge is 0.490 e. The number of benzene rings is 1. The van der Waals surface area contributed by atoms with Crippen molar-refractivity contribution < 1.29 is 54.6 Å². The Morgan fingerprint density at radius 1 is 0.977 bits per heavy atom. The molecule has 2 atom stereocenters. The van der Waals surface area contributed by atoms with E-state index in [1.165, 1.54) is 44.2 Å². The number of carboxylic acid groups (broad SMARTS) is 2. The van der Waals surface area contributed by atoms with Gasteiger partial charge in [0.15, 0.2) is 0 Å². The molecule has 1 aliphatic heterocycles. The Morgan fingerprint density at radius 3 is 1.95 bits per heavy atom. The van der Waals surface area contributed by atoms with Gasteiger partial charge in [0, 0.05) is 37.2 Å². The number of aliphatic carboxylic acids is 2. The maximum Gasteiger partial charge on any atom is 0.490 e. The van der Waals surface area contributed by atoms with Gasteiger partial charge in [-0.1, -0.05) is 55.3 Å². The zero-order valence-corrected chi connectivity index (χ0v) is 25.4. The molecule has 3 aliphatic rings. The third kappa shape index (κ3) is 13.1. The number of nitrogens with zero attached hydrogens (tertiary/aromatic N) is 1. The number of halogens is 6. The second-order valence-electron chi connectivity index (χ2n) is 11.7. The van der Waals surface area contributed by atoms with Crippen LogP contribution < -0.4 is 5.32 Å². The van der Waals surface area contributed by atoms with Crippen molar-refractivity contribution in [3.63, 3.8) is 0 Å². The van der Waals surface area contributed by atoms with Crippen LogP contribution in [0, 0.1) is 11.3 Å². The monoisotopic (exact) mass is 658 g/mol. The summed E-state index contributed by atoms with van der Waals surface area (Å²) in [4.78, 5) is 20.4. The minimum Gasteiger partial charge on any atom is -0.475 e. The number of nitrogens with one attached hydrogen (secondary N) is 1. The lowest BCUT2D eigenvalue weighted by molar-refractivity contribution is -0.193. The maximum atomic E-state index is 11.2. The molecular formula is C29H40F6N2O6S. The molecule has 44 heavy (non-hydrogen) atoms. The second kappa shape index (κ2) is 15.6. The first-order valence-corrected chi connectivity index (χ1v) is 16.3. The van der Waals surface area contributed by atoms with Crippen molar-refractivity contribution in [2.45, 2.75) is 76.3 Å². The van der Waals surface area contributed by atoms with Gasteiger partial charge in [0.2, 0.25) is 0 Å². The van der Waals surface area contributed by atoms with Gasteiger partial charge in [0.25, 0.3) is 0 Å². The van der Waals surface area contributed by atoms with Crippen LogP contribution in [-0.2, 0) is 19.4 Å². The number of carboxylic acids is 2.